The molecule has 0 spiro atoms. The minimum atomic E-state index is -4.95. The quantitative estimate of drug-likeness (QED) is 0.250. The maximum atomic E-state index is 11.9. The van der Waals surface area contributed by atoms with Gasteiger partial charge in [-0.15, -0.1) is 5.11 Å². The van der Waals surface area contributed by atoms with Crippen LogP contribution in [0.5, 0.6) is 11.5 Å². The predicted octanol–water partition coefficient (Wildman–Crippen LogP) is 4.31. The maximum absolute atomic E-state index is 11.9. The zero-order valence-electron chi connectivity index (χ0n) is 15.9. The van der Waals surface area contributed by atoms with Gasteiger partial charge in [-0.3, -0.25) is 9.11 Å². The van der Waals surface area contributed by atoms with Crippen molar-refractivity contribution >= 4 is 53.2 Å². The van der Waals surface area contributed by atoms with Gasteiger partial charge in [-0.05, 0) is 40.4 Å². The van der Waals surface area contributed by atoms with Gasteiger partial charge in [0, 0.05) is 6.07 Å². The molecule has 0 aliphatic rings. The van der Waals surface area contributed by atoms with Crippen molar-refractivity contribution in [2.24, 2.45) is 10.2 Å². The lowest BCUT2D eigenvalue weighted by Gasteiger charge is -2.11. The van der Waals surface area contributed by atoms with Crippen molar-refractivity contribution in [1.82, 2.24) is 0 Å². The van der Waals surface area contributed by atoms with Gasteiger partial charge in [0.05, 0.1) is 16.0 Å². The summed E-state index contributed by atoms with van der Waals surface area (Å²) in [7, 11) is -9.70. The van der Waals surface area contributed by atoms with E-state index >= 15 is 0 Å². The smallest absolute Gasteiger partial charge is 0.296 e. The minimum absolute atomic E-state index is 0.285. The number of hydrogen-bond acceptors (Lipinski definition) is 8. The first-order valence-corrected chi connectivity index (χ1v) is 11.7. The van der Waals surface area contributed by atoms with Crippen LogP contribution >= 0.6 is 0 Å². The highest BCUT2D eigenvalue weighted by Gasteiger charge is 2.25. The second-order valence-corrected chi connectivity index (χ2v) is 9.61. The Hall–Kier alpha value is -3.58. The topological polar surface area (TPSA) is 174 Å². The lowest BCUT2D eigenvalue weighted by Crippen LogP contribution is -2.01. The van der Waals surface area contributed by atoms with Crippen LogP contribution in [0.4, 0.5) is 11.4 Å². The summed E-state index contributed by atoms with van der Waals surface area (Å²) in [5, 5.41) is 29.6. The summed E-state index contributed by atoms with van der Waals surface area (Å²) in [5.74, 6) is -1.63. The summed E-state index contributed by atoms with van der Waals surface area (Å²) in [6.07, 6.45) is 0. The Labute approximate surface area is 181 Å². The molecule has 32 heavy (non-hydrogen) atoms. The molecule has 0 saturated carbocycles. The van der Waals surface area contributed by atoms with Gasteiger partial charge >= 0.3 is 0 Å². The molecule has 12 heteroatoms. The third-order valence-electron chi connectivity index (χ3n) is 4.68. The zero-order chi connectivity index (χ0) is 23.3. The molecule has 0 radical (unpaired) electrons. The van der Waals surface area contributed by atoms with Crippen molar-refractivity contribution in [3.05, 3.63) is 60.7 Å². The number of phenolic OH excluding ortho intramolecular Hbond substituents is 2. The second kappa shape index (κ2) is 7.53. The van der Waals surface area contributed by atoms with Crippen LogP contribution < -0.4 is 0 Å². The number of azo groups is 1. The third-order valence-corrected chi connectivity index (χ3v) is 6.38. The summed E-state index contributed by atoms with van der Waals surface area (Å²) in [6.45, 7) is 0. The van der Waals surface area contributed by atoms with Gasteiger partial charge in [0.25, 0.3) is 20.2 Å². The normalized spacial score (nSPS) is 12.7. The Kier molecular flexibility index (Phi) is 5.09. The van der Waals surface area contributed by atoms with E-state index in [1.165, 1.54) is 0 Å². The SMILES string of the molecule is O=S(=O)(O)c1cc(O)c2c(O)c(N=Nc3ccc4ccccc4c3)c(S(=O)(=O)O)cc2c1. The molecule has 164 valence electrons. The molecule has 0 bridgehead atoms. The fourth-order valence-electron chi connectivity index (χ4n) is 3.23. The fourth-order valence-corrected chi connectivity index (χ4v) is 4.42. The molecule has 0 aliphatic carbocycles. The van der Waals surface area contributed by atoms with Crippen molar-refractivity contribution < 1.29 is 36.2 Å². The molecule has 4 aromatic carbocycles. The van der Waals surface area contributed by atoms with Crippen molar-refractivity contribution in [1.29, 1.82) is 0 Å². The first-order chi connectivity index (χ1) is 14.9. The van der Waals surface area contributed by atoms with Crippen LogP contribution in [-0.2, 0) is 20.2 Å². The fraction of sp³-hybridized carbons (Fsp3) is 0. The number of hydrogen-bond donors (Lipinski definition) is 4. The molecule has 0 aliphatic heterocycles. The van der Waals surface area contributed by atoms with Gasteiger partial charge < -0.3 is 10.2 Å². The Morgan fingerprint density at radius 3 is 2.03 bits per heavy atom. The monoisotopic (exact) mass is 474 g/mol. The number of fused-ring (bicyclic) bond motifs is 2. The summed E-state index contributed by atoms with van der Waals surface area (Å²) in [6, 6.07) is 14.7. The standard InChI is InChI=1S/C20H14N2O8S2/c23-16-10-15(31(25,26)27)8-13-9-17(32(28,29)30)19(20(24)18(13)16)22-21-14-6-5-11-3-1-2-4-12(11)7-14/h1-10,23-24H,(H,25,26,27)(H,28,29,30). The molecule has 4 rings (SSSR count). The van der Waals surface area contributed by atoms with E-state index in [2.05, 4.69) is 10.2 Å². The Morgan fingerprint density at radius 1 is 0.688 bits per heavy atom. The van der Waals surface area contributed by atoms with Crippen molar-refractivity contribution in [2.75, 3.05) is 0 Å². The first-order valence-electron chi connectivity index (χ1n) is 8.83. The molecule has 0 unspecified atom stereocenters. The molecule has 4 N–H and O–H groups in total. The van der Waals surface area contributed by atoms with Crippen molar-refractivity contribution in [3.8, 4) is 11.5 Å². The summed E-state index contributed by atoms with van der Waals surface area (Å²) >= 11 is 0. The van der Waals surface area contributed by atoms with Crippen LogP contribution in [0.25, 0.3) is 21.5 Å². The molecule has 0 saturated heterocycles. The molecule has 4 aromatic rings. The molecule has 0 atom stereocenters. The average Bonchev–Trinajstić information content (AvgIpc) is 2.71. The van der Waals surface area contributed by atoms with Crippen LogP contribution in [0.2, 0.25) is 0 Å². The summed E-state index contributed by atoms with van der Waals surface area (Å²) in [5.41, 5.74) is -0.349. The predicted molar refractivity (Wildman–Crippen MR) is 115 cm³/mol. The Balaban J connectivity index is 1.95. The van der Waals surface area contributed by atoms with Crippen LogP contribution in [0.15, 0.2) is 80.7 Å². The van der Waals surface area contributed by atoms with Crippen molar-refractivity contribution in [3.63, 3.8) is 0 Å². The molecule has 10 nitrogen and oxygen atoms in total. The van der Waals surface area contributed by atoms with Gasteiger partial charge in [0.2, 0.25) is 0 Å². The van der Waals surface area contributed by atoms with Crippen LogP contribution in [0.1, 0.15) is 0 Å². The van der Waals surface area contributed by atoms with E-state index in [9.17, 15) is 36.2 Å². The molecule has 0 heterocycles. The number of nitrogens with zero attached hydrogens (tertiary/aromatic N) is 2. The lowest BCUT2D eigenvalue weighted by atomic mass is 10.1. The summed E-state index contributed by atoms with van der Waals surface area (Å²) in [4.78, 5) is -1.62. The van der Waals surface area contributed by atoms with Gasteiger partial charge in [-0.2, -0.15) is 21.9 Å². The molecule has 0 amide bonds. The minimum Gasteiger partial charge on any atom is -0.507 e. The number of benzene rings is 4. The van der Waals surface area contributed by atoms with E-state index in [4.69, 9.17) is 0 Å². The third kappa shape index (κ3) is 3.99. The molecular weight excluding hydrogens is 460 g/mol. The van der Waals surface area contributed by atoms with E-state index in [-0.39, 0.29) is 10.8 Å². The Bertz CT molecular complexity index is 1650. The van der Waals surface area contributed by atoms with E-state index in [0.29, 0.717) is 11.8 Å². The van der Waals surface area contributed by atoms with Crippen LogP contribution in [0, 0.1) is 0 Å². The average molecular weight is 474 g/mol. The highest BCUT2D eigenvalue weighted by molar-refractivity contribution is 7.86. The second-order valence-electron chi connectivity index (χ2n) is 6.79. The molecular formula is C20H14N2O8S2. The van der Waals surface area contributed by atoms with Gasteiger partial charge in [0.15, 0.2) is 5.75 Å². The number of phenols is 2. The largest absolute Gasteiger partial charge is 0.507 e. The Morgan fingerprint density at radius 2 is 1.38 bits per heavy atom. The highest BCUT2D eigenvalue weighted by atomic mass is 32.2. The molecule has 0 fully saturated rings. The number of aromatic hydroxyl groups is 2. The first kappa shape index (κ1) is 21.6. The van der Waals surface area contributed by atoms with Gasteiger partial charge in [-0.25, -0.2) is 0 Å². The summed E-state index contributed by atoms with van der Waals surface area (Å²) < 4.78 is 65.5. The lowest BCUT2D eigenvalue weighted by molar-refractivity contribution is 0.457. The van der Waals surface area contributed by atoms with Crippen LogP contribution in [-0.4, -0.2) is 36.2 Å². The highest BCUT2D eigenvalue weighted by Crippen LogP contribution is 2.45. The van der Waals surface area contributed by atoms with Gasteiger partial charge in [0.1, 0.15) is 16.3 Å². The maximum Gasteiger partial charge on any atom is 0.296 e. The van der Waals surface area contributed by atoms with E-state index in [1.807, 2.05) is 24.3 Å². The van der Waals surface area contributed by atoms with Crippen molar-refractivity contribution in [2.45, 2.75) is 9.79 Å². The molecule has 0 aromatic heterocycles. The van der Waals surface area contributed by atoms with Crippen LogP contribution in [0.3, 0.4) is 0 Å². The number of rotatable bonds is 4. The van der Waals surface area contributed by atoms with E-state index in [0.717, 1.165) is 22.9 Å². The van der Waals surface area contributed by atoms with Gasteiger partial charge in [-0.1, -0.05) is 30.3 Å². The zero-order valence-corrected chi connectivity index (χ0v) is 17.5. The van der Waals surface area contributed by atoms with E-state index < -0.39 is 47.2 Å². The van der Waals surface area contributed by atoms with E-state index in [1.54, 1.807) is 18.2 Å².